The topological polar surface area (TPSA) is 125 Å². The fourth-order valence-corrected chi connectivity index (χ4v) is 4.67. The fourth-order valence-electron chi connectivity index (χ4n) is 2.94. The lowest BCUT2D eigenvalue weighted by Crippen LogP contribution is -2.16. The summed E-state index contributed by atoms with van der Waals surface area (Å²) in [6, 6.07) is 1.89. The Bertz CT molecular complexity index is 1190. The summed E-state index contributed by atoms with van der Waals surface area (Å²) in [5.41, 5.74) is 2.28. The van der Waals surface area contributed by atoms with Crippen LogP contribution in [0.4, 0.5) is 5.00 Å². The van der Waals surface area contributed by atoms with Crippen LogP contribution in [0.25, 0.3) is 5.78 Å². The highest BCUT2D eigenvalue weighted by Crippen LogP contribution is 2.34. The lowest BCUT2D eigenvalue weighted by molar-refractivity contribution is -0.113. The zero-order chi connectivity index (χ0) is 23.4. The van der Waals surface area contributed by atoms with Crippen LogP contribution in [0.1, 0.15) is 50.8 Å². The number of amides is 1. The van der Waals surface area contributed by atoms with E-state index in [2.05, 4.69) is 20.4 Å². The molecule has 3 heterocycles. The first-order chi connectivity index (χ1) is 15.2. The number of aromatic nitrogens is 4. The number of thioether (sulfide) groups is 1. The van der Waals surface area contributed by atoms with Crippen molar-refractivity contribution in [2.24, 2.45) is 0 Å². The second-order valence-corrected chi connectivity index (χ2v) is 8.65. The van der Waals surface area contributed by atoms with Gasteiger partial charge in [0.1, 0.15) is 9.88 Å². The van der Waals surface area contributed by atoms with E-state index in [1.807, 2.05) is 19.9 Å². The number of hydrogen-bond acceptors (Lipinski definition) is 10. The molecule has 0 aliphatic rings. The van der Waals surface area contributed by atoms with Crippen LogP contribution < -0.4 is 5.32 Å². The quantitative estimate of drug-likeness (QED) is 0.384. The Labute approximate surface area is 192 Å². The summed E-state index contributed by atoms with van der Waals surface area (Å²) in [6.45, 7) is 9.13. The Kier molecular flexibility index (Phi) is 7.46. The minimum atomic E-state index is -0.612. The molecule has 0 spiro atoms. The molecule has 0 saturated carbocycles. The van der Waals surface area contributed by atoms with Gasteiger partial charge in [-0.3, -0.25) is 4.79 Å². The second-order valence-electron chi connectivity index (χ2n) is 6.68. The number of carbonyl (C=O) groups excluding carboxylic acids is 3. The lowest BCUT2D eigenvalue weighted by atomic mass is 10.1. The van der Waals surface area contributed by atoms with E-state index < -0.39 is 11.9 Å². The van der Waals surface area contributed by atoms with E-state index in [1.54, 1.807) is 25.3 Å². The van der Waals surface area contributed by atoms with E-state index in [9.17, 15) is 14.4 Å². The van der Waals surface area contributed by atoms with Crippen molar-refractivity contribution in [1.29, 1.82) is 0 Å². The Morgan fingerprint density at radius 2 is 1.78 bits per heavy atom. The lowest BCUT2D eigenvalue weighted by Gasteiger charge is -2.06. The predicted molar refractivity (Wildman–Crippen MR) is 121 cm³/mol. The van der Waals surface area contributed by atoms with E-state index in [0.29, 0.717) is 16.5 Å². The van der Waals surface area contributed by atoms with Gasteiger partial charge in [0.2, 0.25) is 11.1 Å². The maximum absolute atomic E-state index is 12.6. The predicted octanol–water partition coefficient (Wildman–Crippen LogP) is 3.20. The molecule has 0 aliphatic carbocycles. The van der Waals surface area contributed by atoms with Crippen molar-refractivity contribution in [3.8, 4) is 0 Å². The van der Waals surface area contributed by atoms with Crippen molar-refractivity contribution < 1.29 is 23.9 Å². The summed E-state index contributed by atoms with van der Waals surface area (Å²) >= 11 is 2.12. The summed E-state index contributed by atoms with van der Waals surface area (Å²) in [5, 5.41) is 7.71. The van der Waals surface area contributed by atoms with Gasteiger partial charge in [0.05, 0.1) is 24.5 Å². The maximum atomic E-state index is 12.6. The molecule has 0 aliphatic heterocycles. The molecule has 32 heavy (non-hydrogen) atoms. The van der Waals surface area contributed by atoms with E-state index in [1.165, 1.54) is 0 Å². The molecule has 170 valence electrons. The molecule has 1 amide bonds. The third-order valence-electron chi connectivity index (χ3n) is 4.27. The SMILES string of the molecule is CCOC(=O)c1sc(NC(=O)CSc2nc3nc(C)cc(C)n3n2)c(C(=O)OCC)c1C. The summed E-state index contributed by atoms with van der Waals surface area (Å²) in [4.78, 5) is 46.2. The molecule has 0 aromatic carbocycles. The Morgan fingerprint density at radius 1 is 1.09 bits per heavy atom. The molecule has 3 rings (SSSR count). The average molecular weight is 478 g/mol. The smallest absolute Gasteiger partial charge is 0.348 e. The van der Waals surface area contributed by atoms with Gasteiger partial charge in [-0.05, 0) is 46.2 Å². The molecule has 0 unspecified atom stereocenters. The number of carbonyl (C=O) groups is 3. The first kappa shape index (κ1) is 23.7. The van der Waals surface area contributed by atoms with Gasteiger partial charge in [0.15, 0.2) is 0 Å². The van der Waals surface area contributed by atoms with Crippen molar-refractivity contribution in [2.45, 2.75) is 39.8 Å². The summed E-state index contributed by atoms with van der Waals surface area (Å²) in [5.74, 6) is -1.08. The van der Waals surface area contributed by atoms with Crippen molar-refractivity contribution in [2.75, 3.05) is 24.3 Å². The highest BCUT2D eigenvalue weighted by molar-refractivity contribution is 7.99. The van der Waals surface area contributed by atoms with Gasteiger partial charge < -0.3 is 14.8 Å². The second kappa shape index (κ2) is 10.1. The summed E-state index contributed by atoms with van der Waals surface area (Å²) in [7, 11) is 0. The van der Waals surface area contributed by atoms with E-state index in [4.69, 9.17) is 9.47 Å². The summed E-state index contributed by atoms with van der Waals surface area (Å²) < 4.78 is 11.8. The number of fused-ring (bicyclic) bond motifs is 1. The minimum Gasteiger partial charge on any atom is -0.462 e. The highest BCUT2D eigenvalue weighted by Gasteiger charge is 2.27. The van der Waals surface area contributed by atoms with Crippen molar-refractivity contribution in [3.05, 3.63) is 33.5 Å². The van der Waals surface area contributed by atoms with Crippen LogP contribution in [-0.4, -0.2) is 56.4 Å². The molecule has 0 atom stereocenters. The number of nitrogens with zero attached hydrogens (tertiary/aromatic N) is 4. The standard InChI is InChI=1S/C20H23N5O5S2/c1-6-29-17(27)14-12(5)15(18(28)30-7-2)32-16(14)22-13(26)9-31-20-23-19-21-10(3)8-11(4)25(19)24-20/h8H,6-7,9H2,1-5H3,(H,22,26). The maximum Gasteiger partial charge on any atom is 0.348 e. The molecule has 3 aromatic heterocycles. The molecular weight excluding hydrogens is 454 g/mol. The van der Waals surface area contributed by atoms with Crippen LogP contribution in [0.3, 0.4) is 0 Å². The van der Waals surface area contributed by atoms with Crippen LogP contribution in [0.15, 0.2) is 11.2 Å². The van der Waals surface area contributed by atoms with Gasteiger partial charge in [0.25, 0.3) is 5.78 Å². The first-order valence-corrected chi connectivity index (χ1v) is 11.7. The third kappa shape index (κ3) is 5.07. The average Bonchev–Trinajstić information content (AvgIpc) is 3.27. The molecule has 12 heteroatoms. The van der Waals surface area contributed by atoms with Gasteiger partial charge in [0, 0.05) is 11.4 Å². The van der Waals surface area contributed by atoms with Crippen LogP contribution in [0.5, 0.6) is 0 Å². The number of esters is 2. The highest BCUT2D eigenvalue weighted by atomic mass is 32.2. The van der Waals surface area contributed by atoms with Gasteiger partial charge >= 0.3 is 11.9 Å². The van der Waals surface area contributed by atoms with Gasteiger partial charge in [-0.15, -0.1) is 16.4 Å². The van der Waals surface area contributed by atoms with Crippen LogP contribution in [-0.2, 0) is 14.3 Å². The Balaban J connectivity index is 1.77. The largest absolute Gasteiger partial charge is 0.462 e. The number of thiophene rings is 1. The van der Waals surface area contributed by atoms with E-state index >= 15 is 0 Å². The van der Waals surface area contributed by atoms with Gasteiger partial charge in [-0.1, -0.05) is 11.8 Å². The Morgan fingerprint density at radius 3 is 2.47 bits per heavy atom. The molecule has 3 aromatic rings. The van der Waals surface area contributed by atoms with Crippen molar-refractivity contribution >= 4 is 51.7 Å². The molecule has 0 saturated heterocycles. The zero-order valence-corrected chi connectivity index (χ0v) is 20.0. The van der Waals surface area contributed by atoms with Crippen molar-refractivity contribution in [1.82, 2.24) is 19.6 Å². The van der Waals surface area contributed by atoms with Gasteiger partial charge in [-0.2, -0.15) is 4.98 Å². The van der Waals surface area contributed by atoms with Crippen LogP contribution in [0.2, 0.25) is 0 Å². The first-order valence-electron chi connectivity index (χ1n) is 9.86. The Hall–Kier alpha value is -2.99. The molecule has 0 bridgehead atoms. The molecule has 10 nitrogen and oxygen atoms in total. The normalized spacial score (nSPS) is 10.9. The number of ether oxygens (including phenoxy) is 2. The molecular formula is C20H23N5O5S2. The number of hydrogen-bond donors (Lipinski definition) is 1. The third-order valence-corrected chi connectivity index (χ3v) is 6.30. The van der Waals surface area contributed by atoms with Crippen LogP contribution in [0, 0.1) is 20.8 Å². The van der Waals surface area contributed by atoms with Crippen LogP contribution >= 0.6 is 23.1 Å². The summed E-state index contributed by atoms with van der Waals surface area (Å²) in [6.07, 6.45) is 0. The molecule has 0 fully saturated rings. The van der Waals surface area contributed by atoms with Gasteiger partial charge in [-0.25, -0.2) is 19.1 Å². The zero-order valence-electron chi connectivity index (χ0n) is 18.3. The number of nitrogens with one attached hydrogen (secondary N) is 1. The van der Waals surface area contributed by atoms with E-state index in [-0.39, 0.29) is 40.3 Å². The molecule has 0 radical (unpaired) electrons. The molecule has 1 N–H and O–H groups in total. The van der Waals surface area contributed by atoms with E-state index in [0.717, 1.165) is 34.5 Å². The minimum absolute atomic E-state index is 0.00284. The van der Waals surface area contributed by atoms with Crippen molar-refractivity contribution in [3.63, 3.8) is 0 Å². The monoisotopic (exact) mass is 477 g/mol. The number of anilines is 1. The fraction of sp³-hybridized carbons (Fsp3) is 0.400. The number of aryl methyl sites for hydroxylation is 2. The number of rotatable bonds is 8.